The van der Waals surface area contributed by atoms with Crippen LogP contribution in [0.25, 0.3) is 0 Å². The number of ketones is 1. The van der Waals surface area contributed by atoms with Gasteiger partial charge in [-0.1, -0.05) is 11.6 Å². The van der Waals surface area contributed by atoms with E-state index in [1.54, 1.807) is 23.1 Å². The van der Waals surface area contributed by atoms with Crippen LogP contribution in [0, 0.1) is 0 Å². The Labute approximate surface area is 175 Å². The summed E-state index contributed by atoms with van der Waals surface area (Å²) >= 11 is 5.97. The van der Waals surface area contributed by atoms with Gasteiger partial charge in [-0.2, -0.15) is 18.3 Å². The van der Waals surface area contributed by atoms with Crippen molar-refractivity contribution in [2.24, 2.45) is 5.73 Å². The highest BCUT2D eigenvalue weighted by Gasteiger charge is 2.40. The summed E-state index contributed by atoms with van der Waals surface area (Å²) in [5, 5.41) is 4.10. The second-order valence-corrected chi connectivity index (χ2v) is 7.46. The number of ether oxygens (including phenoxy) is 1. The number of Topliss-reactive ketones (excluding diaryl/α,β-unsaturated/α-hetero) is 1. The van der Waals surface area contributed by atoms with Crippen LogP contribution in [0.15, 0.2) is 18.2 Å². The van der Waals surface area contributed by atoms with Gasteiger partial charge in [0.15, 0.2) is 11.5 Å². The molecule has 1 aliphatic rings. The van der Waals surface area contributed by atoms with E-state index in [4.69, 9.17) is 22.1 Å². The molecule has 0 fully saturated rings. The van der Waals surface area contributed by atoms with E-state index in [0.717, 1.165) is 4.68 Å². The zero-order chi connectivity index (χ0) is 22.1. The van der Waals surface area contributed by atoms with Gasteiger partial charge in [-0.3, -0.25) is 19.2 Å². The van der Waals surface area contributed by atoms with Crippen molar-refractivity contribution in [1.29, 1.82) is 0 Å². The summed E-state index contributed by atoms with van der Waals surface area (Å²) in [6.45, 7) is -0.133. The molecule has 2 aromatic rings. The normalized spacial score (nSPS) is 14.4. The number of carbonyl (C=O) groups excluding carboxylic acids is 2. The highest BCUT2D eigenvalue weighted by atomic mass is 35.5. The number of hydrogen-bond acceptors (Lipinski definition) is 5. The van der Waals surface area contributed by atoms with Crippen LogP contribution in [0.2, 0.25) is 5.02 Å². The number of carbonyl (C=O) groups is 2. The van der Waals surface area contributed by atoms with Crippen LogP contribution in [0.4, 0.5) is 13.2 Å². The van der Waals surface area contributed by atoms with Crippen molar-refractivity contribution in [3.05, 3.63) is 45.7 Å². The maximum absolute atomic E-state index is 13.4. The fourth-order valence-electron chi connectivity index (χ4n) is 3.57. The molecule has 3 rings (SSSR count). The highest BCUT2D eigenvalue weighted by molar-refractivity contribution is 6.30. The number of alkyl halides is 3. The Morgan fingerprint density at radius 2 is 2.03 bits per heavy atom. The van der Waals surface area contributed by atoms with E-state index in [0.29, 0.717) is 16.3 Å². The Morgan fingerprint density at radius 1 is 1.30 bits per heavy atom. The minimum Gasteiger partial charge on any atom is -0.496 e. The number of aromatic nitrogens is 2. The molecule has 162 valence electrons. The van der Waals surface area contributed by atoms with E-state index >= 15 is 0 Å². The number of fused-ring (bicyclic) bond motifs is 1. The molecule has 0 saturated heterocycles. The van der Waals surface area contributed by atoms with Gasteiger partial charge in [-0.25, -0.2) is 0 Å². The fourth-order valence-corrected chi connectivity index (χ4v) is 3.76. The van der Waals surface area contributed by atoms with Gasteiger partial charge in [0.1, 0.15) is 12.3 Å². The Morgan fingerprint density at radius 3 is 2.67 bits per heavy atom. The van der Waals surface area contributed by atoms with Gasteiger partial charge in [0.05, 0.1) is 19.3 Å². The Balaban J connectivity index is 1.87. The molecular formula is C19H20ClF3N4O3. The Bertz CT molecular complexity index is 975. The van der Waals surface area contributed by atoms with E-state index < -0.39 is 17.8 Å². The molecule has 0 aliphatic carbocycles. The van der Waals surface area contributed by atoms with Crippen molar-refractivity contribution in [3.63, 3.8) is 0 Å². The third-order valence-corrected chi connectivity index (χ3v) is 5.06. The van der Waals surface area contributed by atoms with Crippen molar-refractivity contribution in [1.82, 2.24) is 14.7 Å². The van der Waals surface area contributed by atoms with Crippen molar-refractivity contribution in [2.75, 3.05) is 20.2 Å². The second-order valence-electron chi connectivity index (χ2n) is 7.03. The number of nitrogens with zero attached hydrogens (tertiary/aromatic N) is 3. The highest BCUT2D eigenvalue weighted by Crippen LogP contribution is 2.35. The molecule has 0 saturated carbocycles. The molecule has 1 aliphatic heterocycles. The first kappa shape index (κ1) is 22.1. The minimum absolute atomic E-state index is 0.0507. The van der Waals surface area contributed by atoms with Crippen LogP contribution in [0.3, 0.4) is 0 Å². The fraction of sp³-hybridized carbons (Fsp3) is 0.421. The SMILES string of the molecule is COc1ccc(Cl)cc1CC(=O)Cn1nc(C(F)(F)F)c2c1CN(CC(N)=O)CC2. The van der Waals surface area contributed by atoms with Crippen molar-refractivity contribution < 1.29 is 27.5 Å². The molecule has 0 atom stereocenters. The summed E-state index contributed by atoms with van der Waals surface area (Å²) in [6.07, 6.45) is -4.65. The van der Waals surface area contributed by atoms with Crippen molar-refractivity contribution >= 4 is 23.3 Å². The van der Waals surface area contributed by atoms with Crippen LogP contribution in [-0.2, 0) is 41.7 Å². The molecule has 1 aromatic heterocycles. The predicted molar refractivity (Wildman–Crippen MR) is 102 cm³/mol. The van der Waals surface area contributed by atoms with Gasteiger partial charge in [-0.15, -0.1) is 0 Å². The van der Waals surface area contributed by atoms with E-state index in [2.05, 4.69) is 5.10 Å². The first-order valence-corrected chi connectivity index (χ1v) is 9.46. The summed E-state index contributed by atoms with van der Waals surface area (Å²) in [7, 11) is 1.45. The zero-order valence-corrected chi connectivity index (χ0v) is 16.9. The molecule has 1 amide bonds. The zero-order valence-electron chi connectivity index (χ0n) is 16.1. The largest absolute Gasteiger partial charge is 0.496 e. The Kier molecular flexibility index (Phi) is 6.37. The van der Waals surface area contributed by atoms with E-state index in [-0.39, 0.29) is 56.1 Å². The van der Waals surface area contributed by atoms with Gasteiger partial charge < -0.3 is 10.5 Å². The summed E-state index contributed by atoms with van der Waals surface area (Å²) < 4.78 is 46.6. The molecule has 0 bridgehead atoms. The average molecular weight is 445 g/mol. The smallest absolute Gasteiger partial charge is 0.435 e. The lowest BCUT2D eigenvalue weighted by Gasteiger charge is -2.26. The number of rotatable bonds is 7. The second kappa shape index (κ2) is 8.65. The molecule has 0 unspecified atom stereocenters. The van der Waals surface area contributed by atoms with Crippen LogP contribution in [0.1, 0.15) is 22.5 Å². The summed E-state index contributed by atoms with van der Waals surface area (Å²) in [4.78, 5) is 25.5. The van der Waals surface area contributed by atoms with Gasteiger partial charge in [-0.05, 0) is 24.6 Å². The number of amides is 1. The standard InChI is InChI=1S/C19H20ClF3N4O3/c1-30-16-3-2-12(20)6-11(16)7-13(28)8-27-15-9-26(10-17(24)29)5-4-14(15)18(25-27)19(21,22)23/h2-3,6H,4-5,7-10H2,1H3,(H2,24,29). The number of benzene rings is 1. The minimum atomic E-state index is -4.64. The first-order valence-electron chi connectivity index (χ1n) is 9.09. The maximum atomic E-state index is 13.4. The van der Waals surface area contributed by atoms with Crippen molar-refractivity contribution in [3.8, 4) is 5.75 Å². The van der Waals surface area contributed by atoms with E-state index in [1.807, 2.05) is 0 Å². The lowest BCUT2D eigenvalue weighted by molar-refractivity contribution is -0.142. The summed E-state index contributed by atoms with van der Waals surface area (Å²) in [5.74, 6) is -0.481. The number of primary amides is 1. The molecule has 0 spiro atoms. The van der Waals surface area contributed by atoms with Gasteiger partial charge in [0.25, 0.3) is 0 Å². The lowest BCUT2D eigenvalue weighted by atomic mass is 10.0. The number of nitrogens with two attached hydrogens (primary N) is 1. The Hall–Kier alpha value is -2.59. The number of hydrogen-bond donors (Lipinski definition) is 1. The van der Waals surface area contributed by atoms with Crippen molar-refractivity contribution in [2.45, 2.75) is 32.1 Å². The molecule has 1 aromatic carbocycles. The van der Waals surface area contributed by atoms with Gasteiger partial charge in [0, 0.05) is 35.7 Å². The molecule has 30 heavy (non-hydrogen) atoms. The molecule has 0 radical (unpaired) electrons. The van der Waals surface area contributed by atoms with Crippen LogP contribution in [0.5, 0.6) is 5.75 Å². The van der Waals surface area contributed by atoms with Gasteiger partial charge >= 0.3 is 6.18 Å². The summed E-state index contributed by atoms with van der Waals surface area (Å²) in [6, 6.07) is 4.80. The quantitative estimate of drug-likeness (QED) is 0.707. The topological polar surface area (TPSA) is 90.5 Å². The van der Waals surface area contributed by atoms with E-state index in [9.17, 15) is 22.8 Å². The van der Waals surface area contributed by atoms with E-state index in [1.165, 1.54) is 7.11 Å². The first-order chi connectivity index (χ1) is 14.1. The van der Waals surface area contributed by atoms with Crippen LogP contribution in [-0.4, -0.2) is 46.6 Å². The molecule has 2 heterocycles. The summed E-state index contributed by atoms with van der Waals surface area (Å²) in [5.41, 5.74) is 5.05. The third-order valence-electron chi connectivity index (χ3n) is 4.82. The van der Waals surface area contributed by atoms with Crippen LogP contribution < -0.4 is 10.5 Å². The third kappa shape index (κ3) is 4.93. The molecule has 2 N–H and O–H groups in total. The monoisotopic (exact) mass is 444 g/mol. The molecule has 7 nitrogen and oxygen atoms in total. The van der Waals surface area contributed by atoms with Gasteiger partial charge in [0.2, 0.25) is 5.91 Å². The predicted octanol–water partition coefficient (Wildman–Crippen LogP) is 2.22. The average Bonchev–Trinajstić information content (AvgIpc) is 2.99. The maximum Gasteiger partial charge on any atom is 0.435 e. The molecule has 11 heteroatoms. The lowest BCUT2D eigenvalue weighted by Crippen LogP contribution is -2.38. The number of methoxy groups -OCH3 is 1. The molecular weight excluding hydrogens is 425 g/mol. The number of halogens is 4. The van der Waals surface area contributed by atoms with Crippen LogP contribution >= 0.6 is 11.6 Å².